The maximum atomic E-state index is 4.47. The van der Waals surface area contributed by atoms with Gasteiger partial charge in [0.2, 0.25) is 0 Å². The van der Waals surface area contributed by atoms with Crippen LogP contribution < -0.4 is 10.6 Å². The molecule has 3 aromatic rings. The van der Waals surface area contributed by atoms with Gasteiger partial charge in [0.1, 0.15) is 0 Å². The highest BCUT2D eigenvalue weighted by Gasteiger charge is 2.33. The van der Waals surface area contributed by atoms with E-state index < -0.39 is 0 Å². The molecule has 144 valence electrons. The fraction of sp³-hybridized carbons (Fsp3) is 0.259. The molecule has 2 aromatic heterocycles. The first-order valence-electron chi connectivity index (χ1n) is 10.7. The Hall–Kier alpha value is -3.00. The lowest BCUT2D eigenvalue weighted by atomic mass is 9.93. The first-order valence-corrected chi connectivity index (χ1v) is 10.7. The summed E-state index contributed by atoms with van der Waals surface area (Å²) in [5.74, 6) is 0.402. The molecule has 0 saturated heterocycles. The first-order chi connectivity index (χ1) is 14.2. The molecule has 2 aliphatic carbocycles. The summed E-state index contributed by atoms with van der Waals surface area (Å²) >= 11 is 0. The van der Waals surface area contributed by atoms with Crippen LogP contribution in [-0.4, -0.2) is 9.13 Å². The van der Waals surface area contributed by atoms with Crippen molar-refractivity contribution in [1.82, 2.24) is 9.13 Å². The molecule has 3 heterocycles. The van der Waals surface area contributed by atoms with Crippen LogP contribution in [0.4, 0.5) is 0 Å². The molecular formula is C27H26N2. The lowest BCUT2D eigenvalue weighted by molar-refractivity contribution is 0.784. The monoisotopic (exact) mass is 378 g/mol. The number of aromatic nitrogens is 2. The van der Waals surface area contributed by atoms with E-state index in [4.69, 9.17) is 0 Å². The van der Waals surface area contributed by atoms with E-state index in [-0.39, 0.29) is 0 Å². The van der Waals surface area contributed by atoms with Crippen LogP contribution in [0.5, 0.6) is 0 Å². The van der Waals surface area contributed by atoms with Gasteiger partial charge in [0.25, 0.3) is 0 Å². The van der Waals surface area contributed by atoms with Gasteiger partial charge < -0.3 is 9.13 Å². The van der Waals surface area contributed by atoms with Gasteiger partial charge in [-0.25, -0.2) is 0 Å². The van der Waals surface area contributed by atoms with E-state index in [9.17, 15) is 0 Å². The number of hydrogen-bond donors (Lipinski definition) is 0. The molecule has 1 atom stereocenters. The smallest absolute Gasteiger partial charge is 0.0494 e. The Labute approximate surface area is 171 Å². The van der Waals surface area contributed by atoms with Gasteiger partial charge >= 0.3 is 0 Å². The minimum atomic E-state index is 0.402. The van der Waals surface area contributed by atoms with Crippen molar-refractivity contribution in [2.45, 2.75) is 38.5 Å². The summed E-state index contributed by atoms with van der Waals surface area (Å²) in [6, 6.07) is 8.91. The molecule has 0 amide bonds. The second-order valence-corrected chi connectivity index (χ2v) is 8.58. The zero-order valence-electron chi connectivity index (χ0n) is 17.2. The van der Waals surface area contributed by atoms with Crippen molar-refractivity contribution in [3.63, 3.8) is 0 Å². The number of hydrogen-bond acceptors (Lipinski definition) is 0. The van der Waals surface area contributed by atoms with Crippen molar-refractivity contribution >= 4 is 24.8 Å². The van der Waals surface area contributed by atoms with Crippen molar-refractivity contribution in [1.29, 1.82) is 0 Å². The Morgan fingerprint density at radius 2 is 1.72 bits per heavy atom. The SMILES string of the molecule is C=c1c2c(n(C)/c1=C/c1c3c(n4c1C(C)c1ccccc1-4)CCC=C3)CCC=C2. The maximum absolute atomic E-state index is 4.47. The van der Waals surface area contributed by atoms with Crippen molar-refractivity contribution < 1.29 is 0 Å². The molecule has 0 radical (unpaired) electrons. The van der Waals surface area contributed by atoms with Gasteiger partial charge in [0.05, 0.1) is 0 Å². The Balaban J connectivity index is 1.69. The standard InChI is InChI=1S/C27H26N2/c1-17-19-10-4-7-13-23(19)28(3)26(17)16-22-21-12-6-9-15-25(21)29-24-14-8-5-11-20(24)18(2)27(22)29/h4-6,8,10-12,14,16,18H,1,7,9,13,15H2,2-3H3/b26-16+. The minimum Gasteiger partial charge on any atom is -0.347 e. The van der Waals surface area contributed by atoms with Crippen LogP contribution in [-0.2, 0) is 19.9 Å². The molecule has 2 nitrogen and oxygen atoms in total. The Morgan fingerprint density at radius 1 is 1.00 bits per heavy atom. The highest BCUT2D eigenvalue weighted by Crippen LogP contribution is 2.45. The predicted molar refractivity (Wildman–Crippen MR) is 122 cm³/mol. The molecule has 0 spiro atoms. The fourth-order valence-corrected chi connectivity index (χ4v) is 5.67. The number of allylic oxidation sites excluding steroid dienone is 2. The van der Waals surface area contributed by atoms with Crippen molar-refractivity contribution in [3.8, 4) is 5.69 Å². The van der Waals surface area contributed by atoms with Crippen molar-refractivity contribution in [2.24, 2.45) is 7.05 Å². The molecule has 6 rings (SSSR count). The lowest BCUT2D eigenvalue weighted by Gasteiger charge is -2.12. The van der Waals surface area contributed by atoms with Gasteiger partial charge in [-0.3, -0.25) is 0 Å². The number of benzene rings is 1. The molecule has 1 unspecified atom stereocenters. The Kier molecular flexibility index (Phi) is 3.50. The number of nitrogens with zero attached hydrogens (tertiary/aromatic N) is 2. The van der Waals surface area contributed by atoms with E-state index in [2.05, 4.69) is 84.3 Å². The topological polar surface area (TPSA) is 9.86 Å². The van der Waals surface area contributed by atoms with Crippen LogP contribution in [0.15, 0.2) is 36.4 Å². The van der Waals surface area contributed by atoms with E-state index in [0.717, 1.165) is 30.9 Å². The third-order valence-corrected chi connectivity index (χ3v) is 7.10. The highest BCUT2D eigenvalue weighted by molar-refractivity contribution is 5.76. The van der Waals surface area contributed by atoms with Crippen molar-refractivity contribution in [2.75, 3.05) is 0 Å². The molecule has 1 aromatic carbocycles. The third-order valence-electron chi connectivity index (χ3n) is 7.10. The normalized spacial score (nSPS) is 19.2. The second-order valence-electron chi connectivity index (χ2n) is 8.58. The molecule has 1 aliphatic heterocycles. The summed E-state index contributed by atoms with van der Waals surface area (Å²) in [7, 11) is 2.20. The average molecular weight is 379 g/mol. The third kappa shape index (κ3) is 2.17. The number of rotatable bonds is 1. The summed E-state index contributed by atoms with van der Waals surface area (Å²) < 4.78 is 4.92. The molecule has 3 aliphatic rings. The molecule has 0 N–H and O–H groups in total. The zero-order valence-corrected chi connectivity index (χ0v) is 17.2. The van der Waals surface area contributed by atoms with Gasteiger partial charge in [0.15, 0.2) is 0 Å². The summed E-state index contributed by atoms with van der Waals surface area (Å²) in [5, 5.41) is 2.41. The maximum Gasteiger partial charge on any atom is 0.0494 e. The fourth-order valence-electron chi connectivity index (χ4n) is 5.67. The highest BCUT2D eigenvalue weighted by atomic mass is 15.0. The van der Waals surface area contributed by atoms with E-state index >= 15 is 0 Å². The van der Waals surface area contributed by atoms with Gasteiger partial charge in [-0.15, -0.1) is 0 Å². The zero-order chi connectivity index (χ0) is 19.7. The van der Waals surface area contributed by atoms with E-state index in [1.54, 1.807) is 0 Å². The lowest BCUT2D eigenvalue weighted by Crippen LogP contribution is -2.27. The van der Waals surface area contributed by atoms with E-state index in [1.807, 2.05) is 0 Å². The summed E-state index contributed by atoms with van der Waals surface area (Å²) in [6.45, 7) is 6.83. The average Bonchev–Trinajstić information content (AvgIpc) is 3.33. The summed E-state index contributed by atoms with van der Waals surface area (Å²) in [6.07, 6.45) is 16.1. The van der Waals surface area contributed by atoms with Crippen LogP contribution in [0.3, 0.4) is 0 Å². The van der Waals surface area contributed by atoms with Gasteiger partial charge in [-0.2, -0.15) is 0 Å². The molecule has 0 fully saturated rings. The van der Waals surface area contributed by atoms with Gasteiger partial charge in [-0.1, -0.05) is 56.0 Å². The predicted octanol–water partition coefficient (Wildman–Crippen LogP) is 4.44. The van der Waals surface area contributed by atoms with Gasteiger partial charge in [0, 0.05) is 57.8 Å². The Bertz CT molecular complexity index is 1340. The second kappa shape index (κ2) is 6.00. The number of para-hydroxylation sites is 1. The van der Waals surface area contributed by atoms with Crippen molar-refractivity contribution in [3.05, 3.63) is 86.3 Å². The first kappa shape index (κ1) is 16.9. The minimum absolute atomic E-state index is 0.402. The Morgan fingerprint density at radius 3 is 2.52 bits per heavy atom. The molecular weight excluding hydrogens is 352 g/mol. The largest absolute Gasteiger partial charge is 0.347 e. The molecule has 2 heteroatoms. The van der Waals surface area contributed by atoms with E-state index in [1.165, 1.54) is 50.4 Å². The summed E-state index contributed by atoms with van der Waals surface area (Å²) in [4.78, 5) is 0. The molecule has 0 saturated carbocycles. The van der Waals surface area contributed by atoms with Crippen LogP contribution in [0.25, 0.3) is 30.5 Å². The van der Waals surface area contributed by atoms with Crippen LogP contribution in [0.2, 0.25) is 0 Å². The molecule has 29 heavy (non-hydrogen) atoms. The quantitative estimate of drug-likeness (QED) is 0.593. The van der Waals surface area contributed by atoms with Gasteiger partial charge in [-0.05, 0) is 48.6 Å². The number of fused-ring (bicyclic) bond motifs is 6. The van der Waals surface area contributed by atoms with Crippen LogP contribution >= 0.6 is 0 Å². The summed E-state index contributed by atoms with van der Waals surface area (Å²) in [5.41, 5.74) is 11.2. The van der Waals surface area contributed by atoms with Crippen LogP contribution in [0, 0.1) is 0 Å². The van der Waals surface area contributed by atoms with Crippen LogP contribution in [0.1, 0.15) is 65.0 Å². The molecule has 0 bridgehead atoms. The van der Waals surface area contributed by atoms with E-state index in [0.29, 0.717) is 5.92 Å².